The highest BCUT2D eigenvalue weighted by Crippen LogP contribution is 2.17. The number of hydrogen-bond acceptors (Lipinski definition) is 2. The van der Waals surface area contributed by atoms with Gasteiger partial charge in [-0.25, -0.2) is 9.78 Å². The minimum atomic E-state index is -0.287. The van der Waals surface area contributed by atoms with Crippen molar-refractivity contribution in [1.29, 1.82) is 0 Å². The second-order valence-corrected chi connectivity index (χ2v) is 4.42. The van der Waals surface area contributed by atoms with E-state index in [1.807, 2.05) is 66.1 Å². The number of urea groups is 1. The Morgan fingerprint density at radius 1 is 1.05 bits per heavy atom. The number of nitrogens with zero attached hydrogens (tertiary/aromatic N) is 2. The molecule has 0 aliphatic carbocycles. The van der Waals surface area contributed by atoms with Crippen LogP contribution in [0.25, 0.3) is 5.65 Å². The fourth-order valence-electron chi connectivity index (χ4n) is 2.06. The molecule has 0 saturated carbocycles. The first-order valence-corrected chi connectivity index (χ1v) is 6.31. The van der Waals surface area contributed by atoms with Gasteiger partial charge >= 0.3 is 6.03 Å². The maximum atomic E-state index is 12.0. The molecule has 3 aromatic rings. The Labute approximate surface area is 116 Å². The Kier molecular flexibility index (Phi) is 3.09. The summed E-state index contributed by atoms with van der Waals surface area (Å²) in [7, 11) is 0. The smallest absolute Gasteiger partial charge is 0.308 e. The number of aryl methyl sites for hydroxylation is 1. The molecule has 0 fully saturated rings. The van der Waals surface area contributed by atoms with E-state index in [2.05, 4.69) is 15.6 Å². The van der Waals surface area contributed by atoms with Gasteiger partial charge in [0.05, 0.1) is 5.69 Å². The van der Waals surface area contributed by atoms with Crippen LogP contribution < -0.4 is 10.6 Å². The third-order valence-corrected chi connectivity index (χ3v) is 2.97. The molecule has 0 aliphatic heterocycles. The van der Waals surface area contributed by atoms with Gasteiger partial charge in [0.2, 0.25) is 0 Å². The van der Waals surface area contributed by atoms with Crippen molar-refractivity contribution in [3.8, 4) is 0 Å². The molecule has 2 heterocycles. The van der Waals surface area contributed by atoms with E-state index in [1.165, 1.54) is 0 Å². The van der Waals surface area contributed by atoms with Gasteiger partial charge in [0.15, 0.2) is 0 Å². The van der Waals surface area contributed by atoms with Gasteiger partial charge in [0.25, 0.3) is 0 Å². The molecule has 0 saturated heterocycles. The van der Waals surface area contributed by atoms with Crippen molar-refractivity contribution in [1.82, 2.24) is 9.38 Å². The average molecular weight is 266 g/mol. The SMILES string of the molecule is Cc1nc2ccccn2c1NC(=O)Nc1ccccc1. The van der Waals surface area contributed by atoms with E-state index in [0.717, 1.165) is 17.0 Å². The molecular weight excluding hydrogens is 252 g/mol. The maximum absolute atomic E-state index is 12.0. The molecule has 0 aliphatic rings. The highest BCUT2D eigenvalue weighted by atomic mass is 16.2. The van der Waals surface area contributed by atoms with Crippen molar-refractivity contribution in [2.24, 2.45) is 0 Å². The van der Waals surface area contributed by atoms with Gasteiger partial charge in [-0.1, -0.05) is 24.3 Å². The first kappa shape index (κ1) is 12.2. The van der Waals surface area contributed by atoms with Crippen molar-refractivity contribution in [3.05, 3.63) is 60.4 Å². The number of aromatic nitrogens is 2. The molecule has 2 aromatic heterocycles. The molecule has 0 radical (unpaired) electrons. The van der Waals surface area contributed by atoms with E-state index in [9.17, 15) is 4.79 Å². The van der Waals surface area contributed by atoms with Crippen molar-refractivity contribution in [2.75, 3.05) is 10.6 Å². The van der Waals surface area contributed by atoms with Crippen LogP contribution in [0.1, 0.15) is 5.69 Å². The van der Waals surface area contributed by atoms with Crippen molar-refractivity contribution in [2.45, 2.75) is 6.92 Å². The number of fused-ring (bicyclic) bond motifs is 1. The fraction of sp³-hybridized carbons (Fsp3) is 0.0667. The first-order chi connectivity index (χ1) is 9.74. The summed E-state index contributed by atoms with van der Waals surface area (Å²) in [6.07, 6.45) is 1.87. The Balaban J connectivity index is 1.83. The van der Waals surface area contributed by atoms with Gasteiger partial charge in [0.1, 0.15) is 11.5 Å². The third kappa shape index (κ3) is 2.33. The van der Waals surface area contributed by atoms with Crippen molar-refractivity contribution < 1.29 is 4.79 Å². The third-order valence-electron chi connectivity index (χ3n) is 2.97. The number of pyridine rings is 1. The number of amides is 2. The number of carbonyl (C=O) groups excluding carboxylic acids is 1. The summed E-state index contributed by atoms with van der Waals surface area (Å²) >= 11 is 0. The van der Waals surface area contributed by atoms with Crippen LogP contribution in [0, 0.1) is 6.92 Å². The molecular formula is C15H14N4O. The minimum Gasteiger partial charge on any atom is -0.308 e. The number of carbonyl (C=O) groups is 1. The van der Waals surface area contributed by atoms with Crippen LogP contribution in [-0.4, -0.2) is 15.4 Å². The summed E-state index contributed by atoms with van der Waals surface area (Å²) in [5.74, 6) is 0.675. The van der Waals surface area contributed by atoms with Gasteiger partial charge in [0, 0.05) is 11.9 Å². The Hall–Kier alpha value is -2.82. The standard InChI is InChI=1S/C15H14N4O/c1-11-14(19-10-6-5-9-13(19)16-11)18-15(20)17-12-7-3-2-4-8-12/h2-10H,1H3,(H2,17,18,20). The van der Waals surface area contributed by atoms with E-state index in [0.29, 0.717) is 5.82 Å². The predicted molar refractivity (Wildman–Crippen MR) is 79.0 cm³/mol. The van der Waals surface area contributed by atoms with Crippen LogP contribution in [-0.2, 0) is 0 Å². The van der Waals surface area contributed by atoms with Crippen LogP contribution >= 0.6 is 0 Å². The van der Waals surface area contributed by atoms with Crippen LogP contribution in [0.5, 0.6) is 0 Å². The van der Waals surface area contributed by atoms with Gasteiger partial charge in [-0.3, -0.25) is 9.72 Å². The molecule has 1 aromatic carbocycles. The number of hydrogen-bond donors (Lipinski definition) is 2. The molecule has 100 valence electrons. The normalized spacial score (nSPS) is 10.4. The predicted octanol–water partition coefficient (Wildman–Crippen LogP) is 3.29. The molecule has 0 spiro atoms. The van der Waals surface area contributed by atoms with Gasteiger partial charge < -0.3 is 5.32 Å². The number of nitrogens with one attached hydrogen (secondary N) is 2. The number of anilines is 2. The van der Waals surface area contributed by atoms with Crippen molar-refractivity contribution >= 4 is 23.2 Å². The Morgan fingerprint density at radius 2 is 1.80 bits per heavy atom. The van der Waals surface area contributed by atoms with E-state index in [4.69, 9.17) is 0 Å². The number of benzene rings is 1. The second kappa shape index (κ2) is 5.05. The fourth-order valence-corrected chi connectivity index (χ4v) is 2.06. The lowest BCUT2D eigenvalue weighted by Gasteiger charge is -2.08. The largest absolute Gasteiger partial charge is 0.324 e. The van der Waals surface area contributed by atoms with Crippen LogP contribution in [0.3, 0.4) is 0 Å². The molecule has 5 heteroatoms. The molecule has 20 heavy (non-hydrogen) atoms. The van der Waals surface area contributed by atoms with Gasteiger partial charge in [-0.15, -0.1) is 0 Å². The number of para-hydroxylation sites is 1. The Morgan fingerprint density at radius 3 is 2.60 bits per heavy atom. The number of rotatable bonds is 2. The molecule has 0 unspecified atom stereocenters. The van der Waals surface area contributed by atoms with Crippen LogP contribution in [0.4, 0.5) is 16.3 Å². The van der Waals surface area contributed by atoms with E-state index in [1.54, 1.807) is 0 Å². The quantitative estimate of drug-likeness (QED) is 0.747. The molecule has 2 amide bonds. The molecule has 2 N–H and O–H groups in total. The van der Waals surface area contributed by atoms with Crippen LogP contribution in [0.2, 0.25) is 0 Å². The average Bonchev–Trinajstić information content (AvgIpc) is 2.76. The van der Waals surface area contributed by atoms with Crippen molar-refractivity contribution in [3.63, 3.8) is 0 Å². The van der Waals surface area contributed by atoms with Gasteiger partial charge in [-0.2, -0.15) is 0 Å². The lowest BCUT2D eigenvalue weighted by atomic mass is 10.3. The van der Waals surface area contributed by atoms with E-state index in [-0.39, 0.29) is 6.03 Å². The molecule has 3 rings (SSSR count). The topological polar surface area (TPSA) is 58.4 Å². The molecule has 5 nitrogen and oxygen atoms in total. The summed E-state index contributed by atoms with van der Waals surface area (Å²) in [5, 5.41) is 5.61. The maximum Gasteiger partial charge on any atom is 0.324 e. The minimum absolute atomic E-state index is 0.287. The lowest BCUT2D eigenvalue weighted by molar-refractivity contribution is 0.262. The zero-order valence-corrected chi connectivity index (χ0v) is 11.0. The highest BCUT2D eigenvalue weighted by molar-refractivity contribution is 5.99. The summed E-state index contributed by atoms with van der Waals surface area (Å²) in [6.45, 7) is 1.87. The zero-order chi connectivity index (χ0) is 13.9. The summed E-state index contributed by atoms with van der Waals surface area (Å²) in [6, 6.07) is 14.7. The summed E-state index contributed by atoms with van der Waals surface area (Å²) < 4.78 is 1.85. The van der Waals surface area contributed by atoms with Crippen LogP contribution in [0.15, 0.2) is 54.7 Å². The lowest BCUT2D eigenvalue weighted by Crippen LogP contribution is -2.20. The first-order valence-electron chi connectivity index (χ1n) is 6.31. The molecule has 0 bridgehead atoms. The van der Waals surface area contributed by atoms with E-state index >= 15 is 0 Å². The van der Waals surface area contributed by atoms with E-state index < -0.39 is 0 Å². The highest BCUT2D eigenvalue weighted by Gasteiger charge is 2.11. The zero-order valence-electron chi connectivity index (χ0n) is 11.0. The summed E-state index contributed by atoms with van der Waals surface area (Å²) in [5.41, 5.74) is 2.33. The van der Waals surface area contributed by atoms with Gasteiger partial charge in [-0.05, 0) is 31.2 Å². The summed E-state index contributed by atoms with van der Waals surface area (Å²) in [4.78, 5) is 16.4. The second-order valence-electron chi connectivity index (χ2n) is 4.42. The molecule has 0 atom stereocenters. The monoisotopic (exact) mass is 266 g/mol. The Bertz CT molecular complexity index is 749. The number of imidazole rings is 1.